The number of benzene rings is 2. The quantitative estimate of drug-likeness (QED) is 0.723. The van der Waals surface area contributed by atoms with Crippen LogP contribution in [0.5, 0.6) is 0 Å². The van der Waals surface area contributed by atoms with Crippen LogP contribution < -0.4 is 10.6 Å². The zero-order valence-corrected chi connectivity index (χ0v) is 16.0. The van der Waals surface area contributed by atoms with E-state index in [0.717, 1.165) is 37.4 Å². The monoisotopic (exact) mass is 386 g/mol. The van der Waals surface area contributed by atoms with Crippen LogP contribution in [0.3, 0.4) is 0 Å². The van der Waals surface area contributed by atoms with Gasteiger partial charge >= 0.3 is 0 Å². The highest BCUT2D eigenvalue weighted by Crippen LogP contribution is 2.20. The molecule has 2 N–H and O–H groups in total. The summed E-state index contributed by atoms with van der Waals surface area (Å²) in [5, 5.41) is 6.12. The number of amides is 2. The summed E-state index contributed by atoms with van der Waals surface area (Å²) >= 11 is 0. The van der Waals surface area contributed by atoms with Crippen molar-refractivity contribution in [1.29, 1.82) is 0 Å². The molecular formula is C23H22N4O2. The number of aromatic nitrogens is 1. The fourth-order valence-electron chi connectivity index (χ4n) is 3.29. The number of carbonyl (C=O) groups excluding carboxylic acids is 2. The van der Waals surface area contributed by atoms with Gasteiger partial charge in [0.25, 0.3) is 11.8 Å². The third-order valence-corrected chi connectivity index (χ3v) is 4.89. The van der Waals surface area contributed by atoms with Gasteiger partial charge in [-0.25, -0.2) is 0 Å². The first-order chi connectivity index (χ1) is 14.2. The van der Waals surface area contributed by atoms with Crippen molar-refractivity contribution in [3.05, 3.63) is 84.1 Å². The van der Waals surface area contributed by atoms with Gasteiger partial charge < -0.3 is 15.5 Å². The molecule has 3 aromatic rings. The van der Waals surface area contributed by atoms with Crippen LogP contribution in [0.15, 0.2) is 72.9 Å². The number of hydrogen-bond acceptors (Lipinski definition) is 4. The van der Waals surface area contributed by atoms with E-state index in [9.17, 15) is 9.59 Å². The Morgan fingerprint density at radius 2 is 1.62 bits per heavy atom. The number of hydrogen-bond donors (Lipinski definition) is 2. The van der Waals surface area contributed by atoms with E-state index in [2.05, 4.69) is 15.6 Å². The van der Waals surface area contributed by atoms with Gasteiger partial charge in [-0.15, -0.1) is 0 Å². The Morgan fingerprint density at radius 1 is 0.897 bits per heavy atom. The molecule has 0 aliphatic carbocycles. The summed E-state index contributed by atoms with van der Waals surface area (Å²) in [5.41, 5.74) is 3.48. The molecule has 6 nitrogen and oxygen atoms in total. The van der Waals surface area contributed by atoms with E-state index in [0.29, 0.717) is 16.8 Å². The average Bonchev–Trinajstić information content (AvgIpc) is 2.80. The fourth-order valence-corrected chi connectivity index (χ4v) is 3.29. The number of anilines is 1. The van der Waals surface area contributed by atoms with Crippen LogP contribution >= 0.6 is 0 Å². The molecule has 146 valence electrons. The maximum Gasteiger partial charge on any atom is 0.255 e. The number of carbonyl (C=O) groups is 2. The van der Waals surface area contributed by atoms with Gasteiger partial charge in [-0.2, -0.15) is 0 Å². The Hall–Kier alpha value is -3.51. The van der Waals surface area contributed by atoms with E-state index >= 15 is 0 Å². The minimum Gasteiger partial charge on any atom is -0.336 e. The molecule has 6 heteroatoms. The van der Waals surface area contributed by atoms with E-state index in [1.807, 2.05) is 59.5 Å². The first-order valence-corrected chi connectivity index (χ1v) is 9.63. The zero-order chi connectivity index (χ0) is 20.1. The highest BCUT2D eigenvalue weighted by Gasteiger charge is 2.18. The number of nitrogens with one attached hydrogen (secondary N) is 2. The first kappa shape index (κ1) is 18.8. The van der Waals surface area contributed by atoms with Crippen LogP contribution in [0.4, 0.5) is 5.69 Å². The van der Waals surface area contributed by atoms with Gasteiger partial charge in [0.1, 0.15) is 0 Å². The van der Waals surface area contributed by atoms with Gasteiger partial charge in [-0.3, -0.25) is 14.6 Å². The van der Waals surface area contributed by atoms with Crippen molar-refractivity contribution in [3.63, 3.8) is 0 Å². The Morgan fingerprint density at radius 3 is 2.34 bits per heavy atom. The second-order valence-electron chi connectivity index (χ2n) is 6.87. The lowest BCUT2D eigenvalue weighted by Gasteiger charge is -2.27. The SMILES string of the molecule is O=C(Nc1ccccc1)c1ccnc(-c2ccc(C(=O)N3CCNCC3)cc2)c1. The standard InChI is InChI=1S/C23H22N4O2/c28-22(26-20-4-2-1-3-5-20)19-10-11-25-21(16-19)17-6-8-18(9-7-17)23(29)27-14-12-24-13-15-27/h1-11,16,24H,12-15H2,(H,26,28). The lowest BCUT2D eigenvalue weighted by molar-refractivity contribution is 0.0735. The van der Waals surface area contributed by atoms with Crippen LogP contribution in [-0.2, 0) is 0 Å². The van der Waals surface area contributed by atoms with E-state index in [1.54, 1.807) is 18.3 Å². The molecule has 0 bridgehead atoms. The predicted molar refractivity (Wildman–Crippen MR) is 113 cm³/mol. The summed E-state index contributed by atoms with van der Waals surface area (Å²) in [6.07, 6.45) is 1.62. The number of rotatable bonds is 4. The van der Waals surface area contributed by atoms with Crippen molar-refractivity contribution < 1.29 is 9.59 Å². The number of nitrogens with zero attached hydrogens (tertiary/aromatic N) is 2. The number of para-hydroxylation sites is 1. The van der Waals surface area contributed by atoms with Crippen LogP contribution in [0.1, 0.15) is 20.7 Å². The second-order valence-corrected chi connectivity index (χ2v) is 6.87. The van der Waals surface area contributed by atoms with Crippen molar-refractivity contribution >= 4 is 17.5 Å². The molecule has 29 heavy (non-hydrogen) atoms. The Bertz CT molecular complexity index is 997. The molecule has 0 saturated carbocycles. The van der Waals surface area contributed by atoms with Gasteiger partial charge in [0.05, 0.1) is 5.69 Å². The van der Waals surface area contributed by atoms with Gasteiger partial charge in [-0.05, 0) is 36.4 Å². The molecule has 0 spiro atoms. The lowest BCUT2D eigenvalue weighted by atomic mass is 10.1. The Kier molecular flexibility index (Phi) is 5.63. The molecule has 1 saturated heterocycles. The molecule has 2 aromatic carbocycles. The Labute approximate surface area is 169 Å². The molecule has 1 fully saturated rings. The first-order valence-electron chi connectivity index (χ1n) is 9.63. The average molecular weight is 386 g/mol. The highest BCUT2D eigenvalue weighted by molar-refractivity contribution is 6.04. The van der Waals surface area contributed by atoms with Crippen molar-refractivity contribution in [2.24, 2.45) is 0 Å². The molecule has 1 aliphatic heterocycles. The summed E-state index contributed by atoms with van der Waals surface area (Å²) in [6.45, 7) is 3.10. The summed E-state index contributed by atoms with van der Waals surface area (Å²) in [4.78, 5) is 31.4. The van der Waals surface area contributed by atoms with E-state index in [-0.39, 0.29) is 11.8 Å². The van der Waals surface area contributed by atoms with Crippen molar-refractivity contribution in [2.75, 3.05) is 31.5 Å². The highest BCUT2D eigenvalue weighted by atomic mass is 16.2. The zero-order valence-electron chi connectivity index (χ0n) is 16.0. The third kappa shape index (κ3) is 4.50. The normalized spacial score (nSPS) is 13.7. The summed E-state index contributed by atoms with van der Waals surface area (Å²) < 4.78 is 0. The van der Waals surface area contributed by atoms with Crippen molar-refractivity contribution in [2.45, 2.75) is 0 Å². The topological polar surface area (TPSA) is 74.3 Å². The van der Waals surface area contributed by atoms with Crippen molar-refractivity contribution in [1.82, 2.24) is 15.2 Å². The smallest absolute Gasteiger partial charge is 0.255 e. The third-order valence-electron chi connectivity index (χ3n) is 4.89. The van der Waals surface area contributed by atoms with E-state index < -0.39 is 0 Å². The summed E-state index contributed by atoms with van der Waals surface area (Å²) in [7, 11) is 0. The van der Waals surface area contributed by atoms with Crippen LogP contribution in [0.25, 0.3) is 11.3 Å². The minimum absolute atomic E-state index is 0.0435. The lowest BCUT2D eigenvalue weighted by Crippen LogP contribution is -2.46. The molecule has 1 aromatic heterocycles. The largest absolute Gasteiger partial charge is 0.336 e. The summed E-state index contributed by atoms with van der Waals surface area (Å²) in [5.74, 6) is -0.146. The van der Waals surface area contributed by atoms with Gasteiger partial charge in [0.15, 0.2) is 0 Å². The molecule has 2 amide bonds. The van der Waals surface area contributed by atoms with Crippen molar-refractivity contribution in [3.8, 4) is 11.3 Å². The van der Waals surface area contributed by atoms with Gasteiger partial charge in [0.2, 0.25) is 0 Å². The molecule has 0 unspecified atom stereocenters. The molecular weight excluding hydrogens is 364 g/mol. The minimum atomic E-state index is -0.189. The van der Waals surface area contributed by atoms with E-state index in [4.69, 9.17) is 0 Å². The molecule has 0 atom stereocenters. The fraction of sp³-hybridized carbons (Fsp3) is 0.174. The van der Waals surface area contributed by atoms with E-state index in [1.165, 1.54) is 0 Å². The molecule has 4 rings (SSSR count). The second kappa shape index (κ2) is 8.67. The predicted octanol–water partition coefficient (Wildman–Crippen LogP) is 3.05. The number of piperazine rings is 1. The molecule has 0 radical (unpaired) electrons. The van der Waals surface area contributed by atoms with Crippen LogP contribution in [-0.4, -0.2) is 47.9 Å². The maximum absolute atomic E-state index is 12.6. The molecule has 1 aliphatic rings. The Balaban J connectivity index is 1.49. The number of pyridine rings is 1. The maximum atomic E-state index is 12.6. The van der Waals surface area contributed by atoms with Crippen LogP contribution in [0, 0.1) is 0 Å². The van der Waals surface area contributed by atoms with Gasteiger partial charge in [-0.1, -0.05) is 30.3 Å². The van der Waals surface area contributed by atoms with Gasteiger partial charge in [0, 0.05) is 54.8 Å². The molecule has 2 heterocycles. The van der Waals surface area contributed by atoms with Crippen LogP contribution in [0.2, 0.25) is 0 Å². The summed E-state index contributed by atoms with van der Waals surface area (Å²) in [6, 6.07) is 20.1.